The van der Waals surface area contributed by atoms with Gasteiger partial charge in [0, 0.05) is 11.8 Å². The van der Waals surface area contributed by atoms with E-state index < -0.39 is 49.9 Å². The molecule has 0 atom stereocenters. The van der Waals surface area contributed by atoms with Gasteiger partial charge in [0.15, 0.2) is 0 Å². The van der Waals surface area contributed by atoms with Gasteiger partial charge in [0.25, 0.3) is 0 Å². The average molecular weight is 534 g/mol. The molecule has 2 aromatic rings. The largest absolute Gasteiger partial charge is 1.00 e. The molecule has 2 rings (SSSR count). The first-order chi connectivity index (χ1) is 12.6. The maximum absolute atomic E-state index is 13.1. The van der Waals surface area contributed by atoms with Crippen molar-refractivity contribution in [1.82, 2.24) is 4.98 Å². The summed E-state index contributed by atoms with van der Waals surface area (Å²) in [6.45, 7) is 0. The van der Waals surface area contributed by atoms with Gasteiger partial charge >= 0.3 is 41.9 Å². The molecule has 0 fully saturated rings. The fourth-order valence-electron chi connectivity index (χ4n) is 1.90. The van der Waals surface area contributed by atoms with E-state index in [0.717, 1.165) is 6.07 Å². The van der Waals surface area contributed by atoms with Crippen LogP contribution in [0.3, 0.4) is 0 Å². The summed E-state index contributed by atoms with van der Waals surface area (Å²) in [5.74, 6) is -1.90. The van der Waals surface area contributed by atoms with Crippen molar-refractivity contribution >= 4 is 43.5 Å². The second kappa shape index (κ2) is 9.10. The molecule has 5 nitrogen and oxygen atoms in total. The number of alkyl halides is 6. The molecule has 29 heavy (non-hydrogen) atoms. The Morgan fingerprint density at radius 3 is 2.14 bits per heavy atom. The number of rotatable bonds is 3. The van der Waals surface area contributed by atoms with Gasteiger partial charge in [-0.1, -0.05) is 17.7 Å². The van der Waals surface area contributed by atoms with E-state index >= 15 is 0 Å². The molecule has 1 heterocycles. The Kier molecular flexibility index (Phi) is 8.21. The van der Waals surface area contributed by atoms with E-state index in [1.807, 2.05) is 0 Å². The molecule has 0 saturated carbocycles. The van der Waals surface area contributed by atoms with Crippen molar-refractivity contribution in [2.24, 2.45) is 0 Å². The SMILES string of the molecule is O=C([N-]S(=O)(=O)c1cnc(Cl)c(Br)c1)c1ccc(C(F)(F)F)cc1C(F)(F)F.[Na+]. The molecule has 0 aliphatic heterocycles. The standard InChI is InChI=1S/C14H6BrClF6N2O3S.Na/c15-10-4-7(5-23-11(10)16)28(26,27)24-12(25)8-2-1-6(13(17,18)19)3-9(8)14(20,21)22;/h1-5H,(H,24,25);/q;+1/p-1. The molecule has 1 aromatic heterocycles. The summed E-state index contributed by atoms with van der Waals surface area (Å²) in [4.78, 5) is 14.8. The Morgan fingerprint density at radius 1 is 1.07 bits per heavy atom. The van der Waals surface area contributed by atoms with Crippen LogP contribution in [0.15, 0.2) is 39.8 Å². The second-order valence-electron chi connectivity index (χ2n) is 5.07. The zero-order valence-electron chi connectivity index (χ0n) is 13.9. The fourth-order valence-corrected chi connectivity index (χ4v) is 3.38. The Labute approximate surface area is 195 Å². The number of hydrogen-bond donors (Lipinski definition) is 0. The molecule has 1 aromatic carbocycles. The minimum atomic E-state index is -5.36. The smallest absolute Gasteiger partial charge is 0.537 e. The van der Waals surface area contributed by atoms with Crippen LogP contribution in [0.2, 0.25) is 5.15 Å². The summed E-state index contributed by atoms with van der Waals surface area (Å²) in [5.41, 5.74) is -4.99. The molecule has 0 saturated heterocycles. The van der Waals surface area contributed by atoms with E-state index in [1.54, 1.807) is 0 Å². The summed E-state index contributed by atoms with van der Waals surface area (Å²) in [6.07, 6.45) is -9.76. The van der Waals surface area contributed by atoms with Crippen LogP contribution in [0.1, 0.15) is 21.5 Å². The van der Waals surface area contributed by atoms with Crippen LogP contribution < -0.4 is 29.6 Å². The number of benzene rings is 1. The van der Waals surface area contributed by atoms with Crippen molar-refractivity contribution < 1.29 is 69.1 Å². The van der Waals surface area contributed by atoms with Crippen molar-refractivity contribution in [1.29, 1.82) is 0 Å². The number of hydrogen-bond acceptors (Lipinski definition) is 4. The van der Waals surface area contributed by atoms with E-state index in [4.69, 9.17) is 11.6 Å². The van der Waals surface area contributed by atoms with Gasteiger partial charge in [-0.15, -0.1) is 0 Å². The van der Waals surface area contributed by atoms with Crippen LogP contribution in [-0.2, 0) is 22.4 Å². The van der Waals surface area contributed by atoms with Crippen LogP contribution in [0.5, 0.6) is 0 Å². The Hall–Kier alpha value is -0.860. The predicted octanol–water partition coefficient (Wildman–Crippen LogP) is 2.44. The Morgan fingerprint density at radius 2 is 1.66 bits per heavy atom. The van der Waals surface area contributed by atoms with Crippen molar-refractivity contribution in [2.45, 2.75) is 17.2 Å². The van der Waals surface area contributed by atoms with Gasteiger partial charge in [-0.3, -0.25) is 0 Å². The number of amides is 1. The number of aromatic nitrogens is 1. The van der Waals surface area contributed by atoms with Crippen LogP contribution in [0.25, 0.3) is 4.72 Å². The van der Waals surface area contributed by atoms with Gasteiger partial charge in [-0.25, -0.2) is 13.4 Å². The zero-order chi connectivity index (χ0) is 21.5. The molecule has 152 valence electrons. The molecule has 0 bridgehead atoms. The van der Waals surface area contributed by atoms with Crippen LogP contribution in [0, 0.1) is 0 Å². The predicted molar refractivity (Wildman–Crippen MR) is 88.3 cm³/mol. The van der Waals surface area contributed by atoms with Crippen LogP contribution in [0.4, 0.5) is 26.3 Å². The molecule has 0 aliphatic rings. The minimum absolute atomic E-state index is 0. The van der Waals surface area contributed by atoms with Crippen molar-refractivity contribution in [2.75, 3.05) is 0 Å². The molecule has 0 unspecified atom stereocenters. The number of carbonyl (C=O) groups is 1. The van der Waals surface area contributed by atoms with E-state index in [-0.39, 0.29) is 57.4 Å². The number of carbonyl (C=O) groups excluding carboxylic acids is 1. The van der Waals surface area contributed by atoms with Crippen LogP contribution in [-0.4, -0.2) is 19.3 Å². The summed E-state index contributed by atoms with van der Waals surface area (Å²) >= 11 is 8.46. The van der Waals surface area contributed by atoms with Crippen molar-refractivity contribution in [3.8, 4) is 0 Å². The maximum Gasteiger partial charge on any atom is 1.00 e. The first-order valence-corrected chi connectivity index (χ1v) is 9.36. The Bertz CT molecular complexity index is 1050. The van der Waals surface area contributed by atoms with Gasteiger partial charge in [0.2, 0.25) is 0 Å². The summed E-state index contributed by atoms with van der Waals surface area (Å²) in [6, 6.07) is 1.03. The Balaban J connectivity index is 0.00000420. The average Bonchev–Trinajstić information content (AvgIpc) is 2.54. The van der Waals surface area contributed by atoms with Gasteiger partial charge in [0.05, 0.1) is 26.4 Å². The molecule has 15 heteroatoms. The van der Waals surface area contributed by atoms with Gasteiger partial charge in [-0.2, -0.15) is 26.3 Å². The van der Waals surface area contributed by atoms with Gasteiger partial charge < -0.3 is 9.52 Å². The van der Waals surface area contributed by atoms with Gasteiger partial charge in [0.1, 0.15) is 15.2 Å². The summed E-state index contributed by atoms with van der Waals surface area (Å²) < 4.78 is 104. The molecule has 0 aliphatic carbocycles. The summed E-state index contributed by atoms with van der Waals surface area (Å²) in [5, 5.41) is -0.132. The minimum Gasteiger partial charge on any atom is -0.537 e. The van der Waals surface area contributed by atoms with E-state index in [0.29, 0.717) is 6.20 Å². The van der Waals surface area contributed by atoms with Crippen LogP contribution >= 0.6 is 27.5 Å². The number of halogens is 8. The van der Waals surface area contributed by atoms with E-state index in [9.17, 15) is 39.6 Å². The second-order valence-corrected chi connectivity index (χ2v) is 7.89. The molecular weight excluding hydrogens is 529 g/mol. The number of sulfonamides is 1. The normalized spacial score (nSPS) is 12.3. The molecule has 0 spiro atoms. The monoisotopic (exact) mass is 532 g/mol. The number of pyridine rings is 1. The van der Waals surface area contributed by atoms with Crippen molar-refractivity contribution in [3.63, 3.8) is 0 Å². The molecule has 0 N–H and O–H groups in total. The maximum atomic E-state index is 13.1. The third kappa shape index (κ3) is 6.31. The summed E-state index contributed by atoms with van der Waals surface area (Å²) in [7, 11) is -4.81. The topological polar surface area (TPSA) is 78.2 Å². The first-order valence-electron chi connectivity index (χ1n) is 6.75. The fraction of sp³-hybridized carbons (Fsp3) is 0.143. The third-order valence-electron chi connectivity index (χ3n) is 3.15. The zero-order valence-corrected chi connectivity index (χ0v) is 19.1. The number of nitrogens with zero attached hydrogens (tertiary/aromatic N) is 2. The van der Waals surface area contributed by atoms with E-state index in [1.165, 1.54) is 0 Å². The molecule has 0 radical (unpaired) electrons. The first kappa shape index (κ1) is 26.2. The quantitative estimate of drug-likeness (QED) is 0.345. The molecule has 1 amide bonds. The molecular formula is C14H5BrClF6N2NaO3S. The van der Waals surface area contributed by atoms with E-state index in [2.05, 4.69) is 25.6 Å². The van der Waals surface area contributed by atoms with Crippen molar-refractivity contribution in [3.05, 3.63) is 61.5 Å². The third-order valence-corrected chi connectivity index (χ3v) is 5.51. The van der Waals surface area contributed by atoms with Gasteiger partial charge in [-0.05, 0) is 34.1 Å².